The third-order valence-electron chi connectivity index (χ3n) is 3.20. The lowest BCUT2D eigenvalue weighted by molar-refractivity contribution is 0.154. The minimum atomic E-state index is -0.928. The fourth-order valence-corrected chi connectivity index (χ4v) is 2.28. The average Bonchev–Trinajstić information content (AvgIpc) is 2.42. The third kappa shape index (κ3) is 3.03. The summed E-state index contributed by atoms with van der Waals surface area (Å²) < 4.78 is 1.37. The first-order valence-electron chi connectivity index (χ1n) is 6.06. The number of aliphatic hydroxyl groups is 1. The summed E-state index contributed by atoms with van der Waals surface area (Å²) in [6.45, 7) is 3.55. The van der Waals surface area contributed by atoms with Gasteiger partial charge in [0, 0.05) is 26.9 Å². The minimum Gasteiger partial charge on any atom is -0.386 e. The molecule has 0 saturated heterocycles. The highest BCUT2D eigenvalue weighted by Crippen LogP contribution is 2.27. The van der Waals surface area contributed by atoms with Crippen molar-refractivity contribution in [3.63, 3.8) is 0 Å². The van der Waals surface area contributed by atoms with Crippen molar-refractivity contribution in [1.29, 1.82) is 0 Å². The Morgan fingerprint density at radius 3 is 2.75 bits per heavy atom. The molecular formula is C14H14Cl2N2O2. The minimum absolute atomic E-state index is 0.0764. The van der Waals surface area contributed by atoms with Crippen LogP contribution in [-0.2, 0) is 6.54 Å². The Labute approximate surface area is 126 Å². The van der Waals surface area contributed by atoms with Crippen molar-refractivity contribution < 1.29 is 5.11 Å². The van der Waals surface area contributed by atoms with Gasteiger partial charge in [-0.15, -0.1) is 0 Å². The zero-order valence-corrected chi connectivity index (χ0v) is 12.6. The number of benzene rings is 1. The average molecular weight is 313 g/mol. The normalized spacial score (nSPS) is 12.4. The molecule has 106 valence electrons. The van der Waals surface area contributed by atoms with Crippen LogP contribution in [0.25, 0.3) is 0 Å². The van der Waals surface area contributed by atoms with Crippen molar-refractivity contribution in [2.45, 2.75) is 26.5 Å². The van der Waals surface area contributed by atoms with E-state index in [1.54, 1.807) is 32.0 Å². The predicted octanol–water partition coefficient (Wildman–Crippen LogP) is 2.90. The van der Waals surface area contributed by atoms with Crippen molar-refractivity contribution >= 4 is 23.2 Å². The SMILES string of the molecule is Cc1ncn(C[C@H](O)c2cc(Cl)ccc2Cl)c(=O)c1C. The topological polar surface area (TPSA) is 55.1 Å². The van der Waals surface area contributed by atoms with Gasteiger partial charge in [0.25, 0.3) is 5.56 Å². The molecule has 2 rings (SSSR count). The van der Waals surface area contributed by atoms with Crippen molar-refractivity contribution in [3.05, 3.63) is 61.7 Å². The van der Waals surface area contributed by atoms with E-state index in [9.17, 15) is 9.90 Å². The van der Waals surface area contributed by atoms with Gasteiger partial charge >= 0.3 is 0 Å². The number of aromatic nitrogens is 2. The summed E-state index contributed by atoms with van der Waals surface area (Å²) in [5.74, 6) is 0. The smallest absolute Gasteiger partial charge is 0.256 e. The lowest BCUT2D eigenvalue weighted by Crippen LogP contribution is -2.26. The zero-order valence-electron chi connectivity index (χ0n) is 11.1. The molecule has 0 amide bonds. The summed E-state index contributed by atoms with van der Waals surface area (Å²) in [5, 5.41) is 11.1. The molecule has 0 aliphatic carbocycles. The fourth-order valence-electron chi connectivity index (χ4n) is 1.86. The predicted molar refractivity (Wildman–Crippen MR) is 79.4 cm³/mol. The third-order valence-corrected chi connectivity index (χ3v) is 3.78. The maximum absolute atomic E-state index is 12.1. The van der Waals surface area contributed by atoms with Gasteiger partial charge in [0.2, 0.25) is 0 Å². The first-order chi connectivity index (χ1) is 9.40. The van der Waals surface area contributed by atoms with Crippen LogP contribution in [-0.4, -0.2) is 14.7 Å². The highest BCUT2D eigenvalue weighted by atomic mass is 35.5. The van der Waals surface area contributed by atoms with E-state index in [1.165, 1.54) is 10.9 Å². The second-order valence-corrected chi connectivity index (χ2v) is 5.44. The number of nitrogens with zero attached hydrogens (tertiary/aromatic N) is 2. The van der Waals surface area contributed by atoms with Gasteiger partial charge in [-0.1, -0.05) is 23.2 Å². The first kappa shape index (κ1) is 15.0. The molecule has 1 aromatic heterocycles. The Kier molecular flexibility index (Phi) is 4.48. The van der Waals surface area contributed by atoms with Gasteiger partial charge in [-0.05, 0) is 32.0 Å². The van der Waals surface area contributed by atoms with Crippen LogP contribution in [0.2, 0.25) is 10.0 Å². The molecule has 0 radical (unpaired) electrons. The van der Waals surface area contributed by atoms with Crippen LogP contribution in [0.3, 0.4) is 0 Å². The molecule has 0 spiro atoms. The molecule has 1 N–H and O–H groups in total. The second-order valence-electron chi connectivity index (χ2n) is 4.59. The maximum atomic E-state index is 12.1. The number of halogens is 2. The summed E-state index contributed by atoms with van der Waals surface area (Å²) >= 11 is 11.9. The highest BCUT2D eigenvalue weighted by molar-refractivity contribution is 6.33. The van der Waals surface area contributed by atoms with Crippen molar-refractivity contribution in [2.24, 2.45) is 0 Å². The molecule has 1 aromatic carbocycles. The van der Waals surface area contributed by atoms with Gasteiger partial charge < -0.3 is 5.11 Å². The summed E-state index contributed by atoms with van der Waals surface area (Å²) in [7, 11) is 0. The summed E-state index contributed by atoms with van der Waals surface area (Å²) in [4.78, 5) is 16.2. The Morgan fingerprint density at radius 1 is 1.35 bits per heavy atom. The van der Waals surface area contributed by atoms with E-state index >= 15 is 0 Å². The number of hydrogen-bond acceptors (Lipinski definition) is 3. The van der Waals surface area contributed by atoms with Gasteiger partial charge in [0.05, 0.1) is 19.0 Å². The number of aryl methyl sites for hydroxylation is 1. The Balaban J connectivity index is 2.33. The highest BCUT2D eigenvalue weighted by Gasteiger charge is 2.14. The summed E-state index contributed by atoms with van der Waals surface area (Å²) in [5.41, 5.74) is 1.57. The lowest BCUT2D eigenvalue weighted by atomic mass is 10.1. The van der Waals surface area contributed by atoms with Crippen LogP contribution >= 0.6 is 23.2 Å². The van der Waals surface area contributed by atoms with Crippen LogP contribution in [0.1, 0.15) is 22.9 Å². The zero-order chi connectivity index (χ0) is 14.9. The molecule has 1 heterocycles. The van der Waals surface area contributed by atoms with Crippen molar-refractivity contribution in [2.75, 3.05) is 0 Å². The van der Waals surface area contributed by atoms with Crippen LogP contribution < -0.4 is 5.56 Å². The number of aliphatic hydroxyl groups excluding tert-OH is 1. The van der Waals surface area contributed by atoms with Gasteiger partial charge in [0.15, 0.2) is 0 Å². The Bertz CT molecular complexity index is 698. The molecule has 0 bridgehead atoms. The summed E-state index contributed by atoms with van der Waals surface area (Å²) in [6, 6.07) is 4.85. The standard InChI is InChI=1S/C14H14Cl2N2O2/c1-8-9(2)17-7-18(14(8)20)6-13(19)11-5-10(15)3-4-12(11)16/h3-5,7,13,19H,6H2,1-2H3/t13-/m0/s1. The van der Waals surface area contributed by atoms with E-state index in [4.69, 9.17) is 23.2 Å². The number of hydrogen-bond donors (Lipinski definition) is 1. The lowest BCUT2D eigenvalue weighted by Gasteiger charge is -2.15. The van der Waals surface area contributed by atoms with Crippen LogP contribution in [0, 0.1) is 13.8 Å². The van der Waals surface area contributed by atoms with Gasteiger partial charge in [-0.2, -0.15) is 0 Å². The fraction of sp³-hybridized carbons (Fsp3) is 0.286. The van der Waals surface area contributed by atoms with E-state index in [0.717, 1.165) is 0 Å². The molecule has 0 fully saturated rings. The van der Waals surface area contributed by atoms with E-state index < -0.39 is 6.10 Å². The van der Waals surface area contributed by atoms with E-state index in [1.807, 2.05) is 0 Å². The first-order valence-corrected chi connectivity index (χ1v) is 6.81. The van der Waals surface area contributed by atoms with E-state index in [2.05, 4.69) is 4.98 Å². The van der Waals surface area contributed by atoms with Crippen LogP contribution in [0.15, 0.2) is 29.3 Å². The molecule has 1 atom stereocenters. The molecular weight excluding hydrogens is 299 g/mol. The van der Waals surface area contributed by atoms with Gasteiger partial charge in [-0.3, -0.25) is 9.36 Å². The molecule has 0 unspecified atom stereocenters. The van der Waals surface area contributed by atoms with E-state index in [0.29, 0.717) is 26.9 Å². The largest absolute Gasteiger partial charge is 0.386 e. The van der Waals surface area contributed by atoms with E-state index in [-0.39, 0.29) is 12.1 Å². The molecule has 0 saturated carbocycles. The van der Waals surface area contributed by atoms with Crippen molar-refractivity contribution in [3.8, 4) is 0 Å². The maximum Gasteiger partial charge on any atom is 0.256 e. The van der Waals surface area contributed by atoms with Gasteiger partial charge in [0.1, 0.15) is 0 Å². The van der Waals surface area contributed by atoms with Crippen LogP contribution in [0.4, 0.5) is 0 Å². The Morgan fingerprint density at radius 2 is 2.05 bits per heavy atom. The monoisotopic (exact) mass is 312 g/mol. The number of rotatable bonds is 3. The summed E-state index contributed by atoms with van der Waals surface area (Å²) in [6.07, 6.45) is 0.495. The van der Waals surface area contributed by atoms with Crippen molar-refractivity contribution in [1.82, 2.24) is 9.55 Å². The van der Waals surface area contributed by atoms with Crippen LogP contribution in [0.5, 0.6) is 0 Å². The molecule has 6 heteroatoms. The quantitative estimate of drug-likeness (QED) is 0.948. The molecule has 2 aromatic rings. The second kappa shape index (κ2) is 5.95. The molecule has 4 nitrogen and oxygen atoms in total. The molecule has 20 heavy (non-hydrogen) atoms. The molecule has 0 aliphatic heterocycles. The molecule has 0 aliphatic rings. The van der Waals surface area contributed by atoms with Gasteiger partial charge in [-0.25, -0.2) is 4.98 Å². The Hall–Kier alpha value is -1.36.